The summed E-state index contributed by atoms with van der Waals surface area (Å²) in [6, 6.07) is 20.2. The van der Waals surface area contributed by atoms with Gasteiger partial charge >= 0.3 is 0 Å². The molecule has 0 aliphatic heterocycles. The van der Waals surface area contributed by atoms with Gasteiger partial charge in [0, 0.05) is 12.2 Å². The number of rotatable bonds is 7. The van der Waals surface area contributed by atoms with Crippen molar-refractivity contribution < 1.29 is 9.47 Å². The largest absolute Gasteiger partial charge is 0.493 e. The summed E-state index contributed by atoms with van der Waals surface area (Å²) in [6.07, 6.45) is 0. The van der Waals surface area contributed by atoms with E-state index < -0.39 is 0 Å². The van der Waals surface area contributed by atoms with Crippen molar-refractivity contribution in [3.63, 3.8) is 0 Å². The highest BCUT2D eigenvalue weighted by Gasteiger charge is 2.12. The molecule has 1 N–H and O–H groups in total. The molecule has 3 rings (SSSR count). The lowest BCUT2D eigenvalue weighted by molar-refractivity contribution is 0.284. The SMILES string of the molecule is COc1cc(CNc2cc(C)ccc2C)cc(Cl)c1OCc1ccccc1. The van der Waals surface area contributed by atoms with Crippen molar-refractivity contribution in [3.05, 3.63) is 87.9 Å². The molecule has 0 aromatic heterocycles. The third-order valence-corrected chi connectivity index (χ3v) is 4.67. The van der Waals surface area contributed by atoms with E-state index in [1.807, 2.05) is 42.5 Å². The zero-order valence-corrected chi connectivity index (χ0v) is 16.6. The Kier molecular flexibility index (Phi) is 6.25. The maximum atomic E-state index is 6.49. The molecule has 0 atom stereocenters. The topological polar surface area (TPSA) is 30.5 Å². The lowest BCUT2D eigenvalue weighted by atomic mass is 10.1. The van der Waals surface area contributed by atoms with Gasteiger partial charge in [-0.15, -0.1) is 0 Å². The van der Waals surface area contributed by atoms with Crippen molar-refractivity contribution in [1.29, 1.82) is 0 Å². The summed E-state index contributed by atoms with van der Waals surface area (Å²) in [5.41, 5.74) is 5.67. The Balaban J connectivity index is 1.74. The summed E-state index contributed by atoms with van der Waals surface area (Å²) < 4.78 is 11.4. The lowest BCUT2D eigenvalue weighted by Crippen LogP contribution is -2.03. The van der Waals surface area contributed by atoms with Crippen LogP contribution in [-0.2, 0) is 13.2 Å². The van der Waals surface area contributed by atoms with Crippen LogP contribution in [0.25, 0.3) is 0 Å². The summed E-state index contributed by atoms with van der Waals surface area (Å²) in [5, 5.41) is 4.02. The van der Waals surface area contributed by atoms with Crippen molar-refractivity contribution in [2.75, 3.05) is 12.4 Å². The number of halogens is 1. The van der Waals surface area contributed by atoms with Gasteiger partial charge in [-0.1, -0.05) is 54.1 Å². The van der Waals surface area contributed by atoms with Crippen LogP contribution in [0.3, 0.4) is 0 Å². The van der Waals surface area contributed by atoms with Gasteiger partial charge in [0.15, 0.2) is 11.5 Å². The number of aryl methyl sites for hydroxylation is 2. The van der Waals surface area contributed by atoms with Crippen molar-refractivity contribution in [2.45, 2.75) is 27.0 Å². The van der Waals surface area contributed by atoms with E-state index in [0.29, 0.717) is 29.7 Å². The van der Waals surface area contributed by atoms with Gasteiger partial charge in [-0.05, 0) is 54.3 Å². The fraction of sp³-hybridized carbons (Fsp3) is 0.217. The third-order valence-electron chi connectivity index (χ3n) is 4.39. The average molecular weight is 382 g/mol. The quantitative estimate of drug-likeness (QED) is 0.531. The first-order valence-electron chi connectivity index (χ1n) is 8.91. The Hall–Kier alpha value is -2.65. The highest BCUT2D eigenvalue weighted by atomic mass is 35.5. The normalized spacial score (nSPS) is 10.5. The first-order chi connectivity index (χ1) is 13.1. The van der Waals surface area contributed by atoms with Crippen LogP contribution >= 0.6 is 11.6 Å². The minimum absolute atomic E-state index is 0.441. The second-order valence-corrected chi connectivity index (χ2v) is 6.96. The number of benzene rings is 3. The van der Waals surface area contributed by atoms with Gasteiger partial charge in [0.1, 0.15) is 6.61 Å². The maximum Gasteiger partial charge on any atom is 0.180 e. The van der Waals surface area contributed by atoms with Gasteiger partial charge < -0.3 is 14.8 Å². The second-order valence-electron chi connectivity index (χ2n) is 6.56. The number of hydrogen-bond acceptors (Lipinski definition) is 3. The molecular weight excluding hydrogens is 358 g/mol. The van der Waals surface area contributed by atoms with Crippen LogP contribution in [0.15, 0.2) is 60.7 Å². The van der Waals surface area contributed by atoms with E-state index in [1.54, 1.807) is 7.11 Å². The van der Waals surface area contributed by atoms with Crippen molar-refractivity contribution >= 4 is 17.3 Å². The van der Waals surface area contributed by atoms with Crippen LogP contribution < -0.4 is 14.8 Å². The highest BCUT2D eigenvalue weighted by molar-refractivity contribution is 6.32. The number of ether oxygens (including phenoxy) is 2. The van der Waals surface area contributed by atoms with Gasteiger partial charge in [-0.2, -0.15) is 0 Å². The first kappa shape index (κ1) is 19.1. The van der Waals surface area contributed by atoms with E-state index >= 15 is 0 Å². The van der Waals surface area contributed by atoms with Crippen molar-refractivity contribution in [2.24, 2.45) is 0 Å². The first-order valence-corrected chi connectivity index (χ1v) is 9.29. The van der Waals surface area contributed by atoms with Crippen LogP contribution in [0.5, 0.6) is 11.5 Å². The Labute approximate surface area is 165 Å². The lowest BCUT2D eigenvalue weighted by Gasteiger charge is -2.16. The monoisotopic (exact) mass is 381 g/mol. The Morgan fingerprint density at radius 3 is 2.44 bits per heavy atom. The second kappa shape index (κ2) is 8.83. The molecule has 27 heavy (non-hydrogen) atoms. The summed E-state index contributed by atoms with van der Waals surface area (Å²) in [4.78, 5) is 0. The molecule has 3 aromatic rings. The number of methoxy groups -OCH3 is 1. The number of hydrogen-bond donors (Lipinski definition) is 1. The predicted molar refractivity (Wildman–Crippen MR) is 112 cm³/mol. The molecule has 0 radical (unpaired) electrons. The molecule has 0 saturated carbocycles. The average Bonchev–Trinajstić information content (AvgIpc) is 2.68. The van der Waals surface area contributed by atoms with Crippen LogP contribution in [0, 0.1) is 13.8 Å². The molecule has 0 aliphatic carbocycles. The number of anilines is 1. The number of nitrogens with one attached hydrogen (secondary N) is 1. The fourth-order valence-electron chi connectivity index (χ4n) is 2.87. The van der Waals surface area contributed by atoms with E-state index in [0.717, 1.165) is 16.8 Å². The minimum Gasteiger partial charge on any atom is -0.493 e. The van der Waals surface area contributed by atoms with Crippen LogP contribution in [0.4, 0.5) is 5.69 Å². The van der Waals surface area contributed by atoms with Gasteiger partial charge in [-0.3, -0.25) is 0 Å². The Morgan fingerprint density at radius 1 is 0.926 bits per heavy atom. The van der Waals surface area contributed by atoms with E-state index in [-0.39, 0.29) is 0 Å². The molecule has 0 heterocycles. The fourth-order valence-corrected chi connectivity index (χ4v) is 3.16. The van der Waals surface area contributed by atoms with E-state index in [2.05, 4.69) is 37.4 Å². The van der Waals surface area contributed by atoms with E-state index in [9.17, 15) is 0 Å². The van der Waals surface area contributed by atoms with Crippen molar-refractivity contribution in [3.8, 4) is 11.5 Å². The van der Waals surface area contributed by atoms with Gasteiger partial charge in [0.25, 0.3) is 0 Å². The van der Waals surface area contributed by atoms with Gasteiger partial charge in [0.2, 0.25) is 0 Å². The van der Waals surface area contributed by atoms with Crippen molar-refractivity contribution in [1.82, 2.24) is 0 Å². The molecular formula is C23H24ClNO2. The molecule has 0 fully saturated rings. The Bertz CT molecular complexity index is 910. The minimum atomic E-state index is 0.441. The molecule has 3 nitrogen and oxygen atoms in total. The molecule has 3 aromatic carbocycles. The molecule has 140 valence electrons. The standard InChI is InChI=1S/C23H24ClNO2/c1-16-9-10-17(2)21(11-16)25-14-19-12-20(24)23(22(13-19)26-3)27-15-18-7-5-4-6-8-18/h4-13,25H,14-15H2,1-3H3. The van der Waals surface area contributed by atoms with Crippen LogP contribution in [0.1, 0.15) is 22.3 Å². The predicted octanol–water partition coefficient (Wildman–Crippen LogP) is 6.16. The van der Waals surface area contributed by atoms with Gasteiger partial charge in [0.05, 0.1) is 12.1 Å². The Morgan fingerprint density at radius 2 is 1.70 bits per heavy atom. The summed E-state index contributed by atoms with van der Waals surface area (Å²) in [5.74, 6) is 1.20. The molecule has 0 saturated heterocycles. The molecule has 4 heteroatoms. The van der Waals surface area contributed by atoms with E-state index in [1.165, 1.54) is 11.1 Å². The van der Waals surface area contributed by atoms with Crippen LogP contribution in [-0.4, -0.2) is 7.11 Å². The highest BCUT2D eigenvalue weighted by Crippen LogP contribution is 2.37. The van der Waals surface area contributed by atoms with Gasteiger partial charge in [-0.25, -0.2) is 0 Å². The summed E-state index contributed by atoms with van der Waals surface area (Å²) in [7, 11) is 1.63. The zero-order chi connectivity index (χ0) is 19.2. The molecule has 0 amide bonds. The maximum absolute atomic E-state index is 6.49. The molecule has 0 aliphatic rings. The molecule has 0 bridgehead atoms. The third kappa shape index (κ3) is 4.95. The van der Waals surface area contributed by atoms with E-state index in [4.69, 9.17) is 21.1 Å². The summed E-state index contributed by atoms with van der Waals surface area (Å²) >= 11 is 6.49. The van der Waals surface area contributed by atoms with Crippen LogP contribution in [0.2, 0.25) is 5.02 Å². The molecule has 0 spiro atoms. The zero-order valence-electron chi connectivity index (χ0n) is 15.9. The smallest absolute Gasteiger partial charge is 0.180 e. The summed E-state index contributed by atoms with van der Waals surface area (Å²) in [6.45, 7) is 5.27. The molecule has 0 unspecified atom stereocenters.